The maximum absolute atomic E-state index is 9.32. The molecular weight excluding hydrogens is 574 g/mol. The van der Waals surface area contributed by atoms with Crippen LogP contribution in [0.2, 0.25) is 0 Å². The van der Waals surface area contributed by atoms with Gasteiger partial charge in [-0.25, -0.2) is 15.0 Å². The van der Waals surface area contributed by atoms with Gasteiger partial charge in [-0.05, 0) is 57.2 Å². The minimum absolute atomic E-state index is 0.0181. The Kier molecular flexibility index (Phi) is 4.00. The third kappa shape index (κ3) is 4.93. The molecule has 0 spiro atoms. The smallest absolute Gasteiger partial charge is 0.164 e. The molecule has 0 aliphatic carbocycles. The molecule has 2 heterocycles. The number of benzene rings is 7. The monoisotopic (exact) mass is 614 g/mol. The van der Waals surface area contributed by atoms with Crippen LogP contribution in [0.4, 0.5) is 0 Å². The lowest BCUT2D eigenvalue weighted by Crippen LogP contribution is -2.00. The van der Waals surface area contributed by atoms with Crippen LogP contribution in [-0.4, -0.2) is 15.0 Å². The summed E-state index contributed by atoms with van der Waals surface area (Å²) in [6.45, 7) is 0. The summed E-state index contributed by atoms with van der Waals surface area (Å²) in [5, 5.41) is -0.195. The van der Waals surface area contributed by atoms with E-state index in [0.717, 1.165) is 0 Å². The topological polar surface area (TPSA) is 51.8 Å². The molecule has 7 aromatic carbocycles. The number of rotatable bonds is 5. The van der Waals surface area contributed by atoms with Gasteiger partial charge in [0.05, 0.1) is 17.8 Å². The molecule has 0 bridgehead atoms. The molecule has 2 aromatic heterocycles. The number of hydrogen-bond acceptors (Lipinski definition) is 4. The lowest BCUT2D eigenvalue weighted by molar-refractivity contribution is 0.669. The molecule has 0 N–H and O–H groups in total. The average molecular weight is 615 g/mol. The number of furan rings is 1. The van der Waals surface area contributed by atoms with Gasteiger partial charge >= 0.3 is 0 Å². The second-order valence-electron chi connectivity index (χ2n) is 10.6. The van der Waals surface area contributed by atoms with Crippen LogP contribution in [-0.2, 0) is 0 Å². The number of fused-ring (bicyclic) bond motifs is 4. The lowest BCUT2D eigenvalue weighted by atomic mass is 9.98. The molecule has 9 rings (SSSR count). The van der Waals surface area contributed by atoms with Gasteiger partial charge < -0.3 is 4.42 Å². The molecule has 9 aromatic rings. The zero-order valence-electron chi connectivity index (χ0n) is 37.3. The number of hydrogen-bond donors (Lipinski definition) is 0. The van der Waals surface area contributed by atoms with Crippen molar-refractivity contribution in [2.75, 3.05) is 0 Å². The molecule has 0 aliphatic heterocycles. The van der Waals surface area contributed by atoms with E-state index in [1.54, 1.807) is 78.9 Å². The summed E-state index contributed by atoms with van der Waals surface area (Å²) >= 11 is 0. The largest absolute Gasteiger partial charge is 0.456 e. The zero-order valence-corrected chi connectivity index (χ0v) is 24.3. The second-order valence-corrected chi connectivity index (χ2v) is 10.6. The molecule has 47 heavy (non-hydrogen) atoms. The lowest BCUT2D eigenvalue weighted by Gasteiger charge is -2.10. The molecule has 4 heteroatoms. The Morgan fingerprint density at radius 2 is 0.979 bits per heavy atom. The average Bonchev–Trinajstić information content (AvgIpc) is 3.66. The highest BCUT2D eigenvalue weighted by atomic mass is 16.3. The van der Waals surface area contributed by atoms with Crippen molar-refractivity contribution in [1.82, 2.24) is 15.0 Å². The predicted molar refractivity (Wildman–Crippen MR) is 192 cm³/mol. The van der Waals surface area contributed by atoms with Gasteiger partial charge in [0.25, 0.3) is 0 Å². The molecule has 0 saturated heterocycles. The van der Waals surface area contributed by atoms with Gasteiger partial charge in [-0.3, -0.25) is 0 Å². The zero-order chi connectivity index (χ0) is 42.5. The van der Waals surface area contributed by atoms with E-state index in [2.05, 4.69) is 9.97 Å². The number of nitrogens with zero attached hydrogens (tertiary/aromatic N) is 3. The highest BCUT2D eigenvalue weighted by molar-refractivity contribution is 6.12. The van der Waals surface area contributed by atoms with Crippen LogP contribution in [0.5, 0.6) is 0 Å². The van der Waals surface area contributed by atoms with E-state index in [9.17, 15) is 1.37 Å². The van der Waals surface area contributed by atoms with Crippen molar-refractivity contribution < 1.29 is 22.2 Å². The van der Waals surface area contributed by atoms with Crippen LogP contribution in [0.15, 0.2) is 168 Å². The van der Waals surface area contributed by atoms with Gasteiger partial charge in [0.15, 0.2) is 17.5 Å². The van der Waals surface area contributed by atoms with Gasteiger partial charge in [-0.15, -0.1) is 0 Å². The Hall–Kier alpha value is -6.39. The maximum atomic E-state index is 9.32. The van der Waals surface area contributed by atoms with Crippen LogP contribution in [0.3, 0.4) is 0 Å². The second kappa shape index (κ2) is 11.2. The van der Waals surface area contributed by atoms with Crippen molar-refractivity contribution in [3.05, 3.63) is 163 Å². The third-order valence-electron chi connectivity index (χ3n) is 7.71. The molecular formula is C43H27N3O. The SMILES string of the molecule is [2H]c1c([2H])c([2H])c2c(oc3c([2H])c([2H])c([2H])c(-c4ccc(-c5nc(-c6ccccc6)nc(-c6c([2H])c([2H])c7c([2H])c(-c8ccccc8)c([2H])c([2H])c7c6[2H])n5)cc4)c32)c1[2H]. The van der Waals surface area contributed by atoms with Crippen LogP contribution >= 0.6 is 0 Å². The highest BCUT2D eigenvalue weighted by Crippen LogP contribution is 2.37. The van der Waals surface area contributed by atoms with E-state index >= 15 is 0 Å². The molecule has 4 nitrogen and oxygen atoms in total. The summed E-state index contributed by atoms with van der Waals surface area (Å²) < 4.78 is 120. The van der Waals surface area contributed by atoms with Crippen LogP contribution in [0.25, 0.3) is 89.1 Å². The predicted octanol–water partition coefficient (Wildman–Crippen LogP) is 11.3. The first-order valence-electron chi connectivity index (χ1n) is 21.1. The summed E-state index contributed by atoms with van der Waals surface area (Å²) in [6.07, 6.45) is 0. The Morgan fingerprint density at radius 1 is 0.426 bits per heavy atom. The van der Waals surface area contributed by atoms with E-state index in [4.69, 9.17) is 25.9 Å². The fourth-order valence-electron chi connectivity index (χ4n) is 5.43. The Balaban J connectivity index is 1.25. The summed E-state index contributed by atoms with van der Waals surface area (Å²) in [6, 6.07) is 18.6. The first kappa shape index (κ1) is 16.8. The molecule has 0 saturated carbocycles. The molecule has 0 fully saturated rings. The summed E-state index contributed by atoms with van der Waals surface area (Å²) in [4.78, 5) is 14.1. The van der Waals surface area contributed by atoms with E-state index < -0.39 is 54.4 Å². The maximum Gasteiger partial charge on any atom is 0.164 e. The molecule has 0 unspecified atom stereocenters. The summed E-state index contributed by atoms with van der Waals surface area (Å²) in [7, 11) is 0. The standard InChI is InChI=1S/C43H27N3O/c1-3-10-28(11-4-1)32-22-23-34-27-35(25-24-33(34)26-32)43-45-41(30-12-5-2-6-13-30)44-42(46-43)31-20-18-29(19-21-31)36-15-9-17-39-40(36)37-14-7-8-16-38(37)47-39/h1-27H/i7D,8D,9D,14D,15D,16D,17D,22D,23D,24D,25D,26D,27D. The van der Waals surface area contributed by atoms with Crippen molar-refractivity contribution in [2.24, 2.45) is 0 Å². The third-order valence-corrected chi connectivity index (χ3v) is 7.71. The first-order valence-corrected chi connectivity index (χ1v) is 14.6. The molecule has 0 amide bonds. The Morgan fingerprint density at radius 3 is 1.70 bits per heavy atom. The van der Waals surface area contributed by atoms with Gasteiger partial charge in [-0.1, -0.05) is 139 Å². The highest BCUT2D eigenvalue weighted by Gasteiger charge is 2.15. The van der Waals surface area contributed by atoms with Gasteiger partial charge in [-0.2, -0.15) is 0 Å². The first-order chi connectivity index (χ1) is 28.7. The Bertz CT molecular complexity index is 3290. The minimum atomic E-state index is -0.523. The fourth-order valence-corrected chi connectivity index (χ4v) is 5.43. The van der Waals surface area contributed by atoms with Crippen molar-refractivity contribution in [2.45, 2.75) is 0 Å². The summed E-state index contributed by atoms with van der Waals surface area (Å²) in [5.74, 6) is 0.0968. The van der Waals surface area contributed by atoms with Crippen molar-refractivity contribution in [1.29, 1.82) is 0 Å². The quantitative estimate of drug-likeness (QED) is 0.193. The molecule has 0 aliphatic rings. The molecule has 0 atom stereocenters. The number of aromatic nitrogens is 3. The normalized spacial score (nSPS) is 15.3. The van der Waals surface area contributed by atoms with E-state index in [0.29, 0.717) is 22.3 Å². The van der Waals surface area contributed by atoms with E-state index in [1.807, 2.05) is 6.07 Å². The van der Waals surface area contributed by atoms with Gasteiger partial charge in [0.1, 0.15) is 11.2 Å². The van der Waals surface area contributed by atoms with Crippen molar-refractivity contribution >= 4 is 32.7 Å². The van der Waals surface area contributed by atoms with Crippen LogP contribution in [0.1, 0.15) is 17.8 Å². The number of para-hydroxylation sites is 1. The minimum Gasteiger partial charge on any atom is -0.456 e. The van der Waals surface area contributed by atoms with E-state index in [1.165, 1.54) is 0 Å². The van der Waals surface area contributed by atoms with Crippen molar-refractivity contribution in [3.63, 3.8) is 0 Å². The molecule has 220 valence electrons. The van der Waals surface area contributed by atoms with E-state index in [-0.39, 0.29) is 91.0 Å². The Labute approximate surface area is 289 Å². The summed E-state index contributed by atoms with van der Waals surface area (Å²) in [5.41, 5.74) is 1.51. The van der Waals surface area contributed by atoms with Gasteiger partial charge in [0, 0.05) is 27.5 Å². The van der Waals surface area contributed by atoms with Crippen molar-refractivity contribution in [3.8, 4) is 56.4 Å². The van der Waals surface area contributed by atoms with Gasteiger partial charge in [0.2, 0.25) is 0 Å². The molecule has 0 radical (unpaired) electrons. The van der Waals surface area contributed by atoms with Crippen LogP contribution < -0.4 is 0 Å². The van der Waals surface area contributed by atoms with Crippen LogP contribution in [0, 0.1) is 0 Å². The fraction of sp³-hybridized carbons (Fsp3) is 0.